The molecule has 5 heteroatoms. The molecule has 0 fully saturated rings. The third-order valence-electron chi connectivity index (χ3n) is 3.21. The lowest BCUT2D eigenvalue weighted by Gasteiger charge is -2.20. The van der Waals surface area contributed by atoms with Crippen LogP contribution in [0.25, 0.3) is 0 Å². The van der Waals surface area contributed by atoms with E-state index in [4.69, 9.17) is 11.6 Å². The van der Waals surface area contributed by atoms with Crippen molar-refractivity contribution in [1.29, 1.82) is 0 Å². The average Bonchev–Trinajstić information content (AvgIpc) is 2.45. The predicted octanol–water partition coefficient (Wildman–Crippen LogP) is 5.27. The summed E-state index contributed by atoms with van der Waals surface area (Å²) in [6, 6.07) is 9.53. The van der Waals surface area contributed by atoms with Gasteiger partial charge in [0.1, 0.15) is 0 Å². The molecule has 21 heavy (non-hydrogen) atoms. The molecule has 0 aromatic heterocycles. The number of benzene rings is 2. The minimum absolute atomic E-state index is 0.0649. The Bertz CT molecular complexity index is 634. The fourth-order valence-corrected chi connectivity index (χ4v) is 2.85. The van der Waals surface area contributed by atoms with Gasteiger partial charge in [0.15, 0.2) is 11.6 Å². The third kappa shape index (κ3) is 4.25. The van der Waals surface area contributed by atoms with Gasteiger partial charge < -0.3 is 5.32 Å². The van der Waals surface area contributed by atoms with Crippen LogP contribution in [0.3, 0.4) is 0 Å². The molecule has 0 radical (unpaired) electrons. The van der Waals surface area contributed by atoms with Crippen molar-refractivity contribution >= 4 is 27.5 Å². The van der Waals surface area contributed by atoms with Gasteiger partial charge in [-0.2, -0.15) is 0 Å². The number of nitrogens with one attached hydrogen (secondary N) is 1. The van der Waals surface area contributed by atoms with Crippen LogP contribution in [0.15, 0.2) is 40.9 Å². The summed E-state index contributed by atoms with van der Waals surface area (Å²) >= 11 is 9.68. The Hall–Kier alpha value is -0.970. The zero-order valence-corrected chi connectivity index (χ0v) is 13.8. The van der Waals surface area contributed by atoms with Crippen molar-refractivity contribution in [3.63, 3.8) is 0 Å². The maximum atomic E-state index is 13.3. The lowest BCUT2D eigenvalue weighted by atomic mass is 9.98. The van der Waals surface area contributed by atoms with Gasteiger partial charge in [0, 0.05) is 15.5 Å². The van der Waals surface area contributed by atoms with Crippen molar-refractivity contribution in [3.8, 4) is 0 Å². The van der Waals surface area contributed by atoms with Crippen LogP contribution in [-0.4, -0.2) is 6.54 Å². The summed E-state index contributed by atoms with van der Waals surface area (Å²) < 4.78 is 27.3. The van der Waals surface area contributed by atoms with Gasteiger partial charge in [-0.15, -0.1) is 0 Å². The van der Waals surface area contributed by atoms with E-state index in [0.29, 0.717) is 11.4 Å². The first-order valence-corrected chi connectivity index (χ1v) is 7.80. The van der Waals surface area contributed by atoms with E-state index in [1.807, 2.05) is 25.1 Å². The normalized spacial score (nSPS) is 12.4. The van der Waals surface area contributed by atoms with Crippen LogP contribution in [0.2, 0.25) is 5.02 Å². The molecule has 0 aliphatic rings. The Labute approximate surface area is 136 Å². The molecular weight excluding hydrogens is 360 g/mol. The molecule has 1 unspecified atom stereocenters. The summed E-state index contributed by atoms with van der Waals surface area (Å²) in [4.78, 5) is 0. The van der Waals surface area contributed by atoms with Crippen molar-refractivity contribution in [2.75, 3.05) is 6.54 Å². The highest BCUT2D eigenvalue weighted by Crippen LogP contribution is 2.29. The van der Waals surface area contributed by atoms with Crippen molar-refractivity contribution in [1.82, 2.24) is 5.32 Å². The van der Waals surface area contributed by atoms with E-state index in [1.54, 1.807) is 6.07 Å². The summed E-state index contributed by atoms with van der Waals surface area (Å²) in [5, 5.41) is 3.97. The maximum Gasteiger partial charge on any atom is 0.159 e. The molecule has 2 aromatic carbocycles. The predicted molar refractivity (Wildman–Crippen MR) is 85.6 cm³/mol. The van der Waals surface area contributed by atoms with Crippen molar-refractivity contribution in [3.05, 3.63) is 68.7 Å². The number of hydrogen-bond donors (Lipinski definition) is 1. The van der Waals surface area contributed by atoms with Gasteiger partial charge in [-0.3, -0.25) is 0 Å². The van der Waals surface area contributed by atoms with E-state index in [-0.39, 0.29) is 6.04 Å². The molecule has 0 saturated heterocycles. The topological polar surface area (TPSA) is 12.0 Å². The molecule has 1 atom stereocenters. The maximum absolute atomic E-state index is 13.3. The minimum atomic E-state index is -0.834. The van der Waals surface area contributed by atoms with Crippen molar-refractivity contribution < 1.29 is 8.78 Å². The van der Waals surface area contributed by atoms with Crippen molar-refractivity contribution in [2.24, 2.45) is 0 Å². The SMILES string of the molecule is CCNC(Cc1ccc(F)c(F)c1)c1cc(Br)ccc1Cl. The highest BCUT2D eigenvalue weighted by Gasteiger charge is 2.16. The second kappa shape index (κ2) is 7.34. The average molecular weight is 375 g/mol. The highest BCUT2D eigenvalue weighted by molar-refractivity contribution is 9.10. The number of hydrogen-bond acceptors (Lipinski definition) is 1. The standard InChI is InChI=1S/C16H15BrClF2N/c1-2-21-16(12-9-11(17)4-5-13(12)18)8-10-3-6-14(19)15(20)7-10/h3-7,9,16,21H,2,8H2,1H3. The van der Waals surface area contributed by atoms with Crippen LogP contribution in [0.4, 0.5) is 8.78 Å². The minimum Gasteiger partial charge on any atom is -0.310 e. The zero-order valence-electron chi connectivity index (χ0n) is 11.5. The molecule has 0 aliphatic heterocycles. The molecule has 2 rings (SSSR count). The van der Waals surface area contributed by atoms with Crippen LogP contribution in [0, 0.1) is 11.6 Å². The summed E-state index contributed by atoms with van der Waals surface area (Å²) in [6.45, 7) is 2.74. The molecule has 0 heterocycles. The Morgan fingerprint density at radius 1 is 1.14 bits per heavy atom. The molecule has 1 N–H and O–H groups in total. The van der Waals surface area contributed by atoms with E-state index in [1.165, 1.54) is 6.07 Å². The van der Waals surface area contributed by atoms with Crippen LogP contribution >= 0.6 is 27.5 Å². The third-order valence-corrected chi connectivity index (χ3v) is 4.05. The van der Waals surface area contributed by atoms with Crippen LogP contribution in [0.1, 0.15) is 24.1 Å². The lowest BCUT2D eigenvalue weighted by Crippen LogP contribution is -2.23. The molecule has 0 amide bonds. The molecule has 0 spiro atoms. The smallest absolute Gasteiger partial charge is 0.159 e. The Balaban J connectivity index is 2.30. The second-order valence-electron chi connectivity index (χ2n) is 4.73. The van der Waals surface area contributed by atoms with Gasteiger partial charge in [0.25, 0.3) is 0 Å². The molecular formula is C16H15BrClF2N. The van der Waals surface area contributed by atoms with Gasteiger partial charge in [-0.05, 0) is 54.4 Å². The monoisotopic (exact) mass is 373 g/mol. The summed E-state index contributed by atoms with van der Waals surface area (Å²) in [7, 11) is 0. The highest BCUT2D eigenvalue weighted by atomic mass is 79.9. The molecule has 0 saturated carbocycles. The number of halogens is 4. The van der Waals surface area contributed by atoms with Gasteiger partial charge >= 0.3 is 0 Å². The van der Waals surface area contributed by atoms with Crippen LogP contribution < -0.4 is 5.32 Å². The van der Waals surface area contributed by atoms with Gasteiger partial charge in [0.05, 0.1) is 0 Å². The van der Waals surface area contributed by atoms with Crippen LogP contribution in [0.5, 0.6) is 0 Å². The summed E-state index contributed by atoms with van der Waals surface area (Å²) in [6.07, 6.45) is 0.529. The van der Waals surface area contributed by atoms with E-state index >= 15 is 0 Å². The van der Waals surface area contributed by atoms with E-state index in [0.717, 1.165) is 28.2 Å². The van der Waals surface area contributed by atoms with Gasteiger partial charge in [-0.25, -0.2) is 8.78 Å². The quantitative estimate of drug-likeness (QED) is 0.751. The Morgan fingerprint density at radius 3 is 2.57 bits per heavy atom. The first kappa shape index (κ1) is 16.4. The molecule has 1 nitrogen and oxygen atoms in total. The number of rotatable bonds is 5. The molecule has 2 aromatic rings. The van der Waals surface area contributed by atoms with Crippen molar-refractivity contribution in [2.45, 2.75) is 19.4 Å². The summed E-state index contributed by atoms with van der Waals surface area (Å²) in [5.41, 5.74) is 1.65. The second-order valence-corrected chi connectivity index (χ2v) is 6.05. The zero-order chi connectivity index (χ0) is 15.4. The largest absolute Gasteiger partial charge is 0.310 e. The Morgan fingerprint density at radius 2 is 1.90 bits per heavy atom. The fourth-order valence-electron chi connectivity index (χ4n) is 2.22. The summed E-state index contributed by atoms with van der Waals surface area (Å²) in [5.74, 6) is -1.66. The molecule has 0 bridgehead atoms. The lowest BCUT2D eigenvalue weighted by molar-refractivity contribution is 0.502. The van der Waals surface area contributed by atoms with E-state index < -0.39 is 11.6 Å². The van der Waals surface area contributed by atoms with E-state index in [2.05, 4.69) is 21.2 Å². The van der Waals surface area contributed by atoms with Crippen LogP contribution in [-0.2, 0) is 6.42 Å². The first-order valence-electron chi connectivity index (χ1n) is 6.63. The molecule has 112 valence electrons. The van der Waals surface area contributed by atoms with E-state index in [9.17, 15) is 8.78 Å². The Kier molecular flexibility index (Phi) is 5.73. The van der Waals surface area contributed by atoms with Gasteiger partial charge in [-0.1, -0.05) is 40.5 Å². The first-order chi connectivity index (χ1) is 10.0. The fraction of sp³-hybridized carbons (Fsp3) is 0.250. The molecule has 0 aliphatic carbocycles. The number of likely N-dealkylation sites (N-methyl/N-ethyl adjacent to an activating group) is 1. The van der Waals surface area contributed by atoms with Gasteiger partial charge in [0.2, 0.25) is 0 Å².